The van der Waals surface area contributed by atoms with Crippen molar-refractivity contribution >= 4 is 27.4 Å². The van der Waals surface area contributed by atoms with Crippen LogP contribution in [-0.2, 0) is 15.6 Å². The predicted octanol–water partition coefficient (Wildman–Crippen LogP) is 2.62. The molecule has 3 rings (SSSR count). The third kappa shape index (κ3) is 6.02. The minimum absolute atomic E-state index is 0.0999. The molecule has 0 saturated heterocycles. The Balaban J connectivity index is 1.91. The quantitative estimate of drug-likeness (QED) is 0.477. The molecule has 3 aromatic rings. The molecule has 0 atom stereocenters. The highest BCUT2D eigenvalue weighted by Gasteiger charge is 2.18. The van der Waals surface area contributed by atoms with Gasteiger partial charge in [-0.15, -0.1) is 0 Å². The van der Waals surface area contributed by atoms with Gasteiger partial charge in [-0.25, -0.2) is 23.2 Å². The van der Waals surface area contributed by atoms with E-state index in [9.17, 15) is 13.2 Å². The molecule has 0 saturated carbocycles. The normalized spacial score (nSPS) is 11.1. The number of aromatic nitrogens is 2. The SMILES string of the molecule is CN(C)C(=O)Nc1ccc(-c2nc(CS(=O)(=O)c3ccccc3)cc(NCCO)n2)cc1. The average molecular weight is 456 g/mol. The lowest BCUT2D eigenvalue weighted by molar-refractivity contribution is 0.230. The van der Waals surface area contributed by atoms with Crippen molar-refractivity contribution in [1.29, 1.82) is 0 Å². The summed E-state index contributed by atoms with van der Waals surface area (Å²) in [6, 6.07) is 16.4. The number of carbonyl (C=O) groups excluding carboxylic acids is 1. The Morgan fingerprint density at radius 3 is 2.34 bits per heavy atom. The number of amides is 2. The average Bonchev–Trinajstić information content (AvgIpc) is 2.78. The molecular weight excluding hydrogens is 430 g/mol. The molecule has 0 aliphatic carbocycles. The molecule has 0 spiro atoms. The Hall–Kier alpha value is -3.50. The van der Waals surface area contributed by atoms with Crippen molar-refractivity contribution in [2.75, 3.05) is 37.9 Å². The summed E-state index contributed by atoms with van der Waals surface area (Å²) in [7, 11) is -0.305. The lowest BCUT2D eigenvalue weighted by atomic mass is 10.2. The Kier molecular flexibility index (Phi) is 7.39. The Morgan fingerprint density at radius 1 is 1.03 bits per heavy atom. The fourth-order valence-corrected chi connectivity index (χ4v) is 4.09. The number of benzene rings is 2. The van der Waals surface area contributed by atoms with Crippen LogP contribution in [-0.4, -0.2) is 61.7 Å². The third-order valence-corrected chi connectivity index (χ3v) is 6.10. The van der Waals surface area contributed by atoms with E-state index in [1.54, 1.807) is 74.8 Å². The van der Waals surface area contributed by atoms with Crippen LogP contribution in [0.5, 0.6) is 0 Å². The van der Waals surface area contributed by atoms with Gasteiger partial charge in [0.2, 0.25) is 0 Å². The number of carbonyl (C=O) groups is 1. The molecule has 2 amide bonds. The summed E-state index contributed by atoms with van der Waals surface area (Å²) in [4.78, 5) is 22.3. The van der Waals surface area contributed by atoms with Gasteiger partial charge >= 0.3 is 6.03 Å². The lowest BCUT2D eigenvalue weighted by Gasteiger charge is -2.13. The summed E-state index contributed by atoms with van der Waals surface area (Å²) >= 11 is 0. The van der Waals surface area contributed by atoms with Crippen LogP contribution in [0.4, 0.5) is 16.3 Å². The monoisotopic (exact) mass is 455 g/mol. The van der Waals surface area contributed by atoms with Crippen LogP contribution in [0.3, 0.4) is 0 Å². The second-order valence-corrected chi connectivity index (χ2v) is 9.18. The first-order valence-electron chi connectivity index (χ1n) is 9.88. The Bertz CT molecular complexity index is 1170. The van der Waals surface area contributed by atoms with Gasteiger partial charge < -0.3 is 20.6 Å². The molecule has 2 aromatic carbocycles. The molecule has 32 heavy (non-hydrogen) atoms. The molecule has 0 aliphatic heterocycles. The number of urea groups is 1. The maximum absolute atomic E-state index is 12.8. The molecule has 0 aliphatic rings. The van der Waals surface area contributed by atoms with Crippen LogP contribution in [0, 0.1) is 0 Å². The lowest BCUT2D eigenvalue weighted by Crippen LogP contribution is -2.27. The highest BCUT2D eigenvalue weighted by Crippen LogP contribution is 2.23. The van der Waals surface area contributed by atoms with Crippen molar-refractivity contribution in [3.05, 3.63) is 66.4 Å². The summed E-state index contributed by atoms with van der Waals surface area (Å²) in [6.45, 7) is 0.161. The molecule has 0 bridgehead atoms. The second kappa shape index (κ2) is 10.2. The topological polar surface area (TPSA) is 125 Å². The minimum atomic E-state index is -3.60. The standard InChI is InChI=1S/C22H25N5O4S/c1-27(2)22(29)25-17-10-8-16(9-11-17)21-24-18(14-20(26-21)23-12-13-28)15-32(30,31)19-6-4-3-5-7-19/h3-11,14,28H,12-13,15H2,1-2H3,(H,25,29)(H,23,24,26). The van der Waals surface area contributed by atoms with Gasteiger partial charge in [0.05, 0.1) is 22.9 Å². The fraction of sp³-hybridized carbons (Fsp3) is 0.227. The van der Waals surface area contributed by atoms with Crippen LogP contribution in [0.15, 0.2) is 65.6 Å². The van der Waals surface area contributed by atoms with Crippen molar-refractivity contribution in [3.8, 4) is 11.4 Å². The minimum Gasteiger partial charge on any atom is -0.395 e. The number of nitrogens with one attached hydrogen (secondary N) is 2. The van der Waals surface area contributed by atoms with Crippen LogP contribution in [0.1, 0.15) is 5.69 Å². The van der Waals surface area contributed by atoms with E-state index in [-0.39, 0.29) is 29.8 Å². The largest absolute Gasteiger partial charge is 0.395 e. The number of hydrogen-bond acceptors (Lipinski definition) is 7. The summed E-state index contributed by atoms with van der Waals surface area (Å²) in [5.74, 6) is 0.445. The Morgan fingerprint density at radius 2 is 1.72 bits per heavy atom. The van der Waals surface area contributed by atoms with E-state index < -0.39 is 9.84 Å². The first-order chi connectivity index (χ1) is 15.3. The molecule has 10 heteroatoms. The van der Waals surface area contributed by atoms with E-state index >= 15 is 0 Å². The van der Waals surface area contributed by atoms with Crippen LogP contribution >= 0.6 is 0 Å². The van der Waals surface area contributed by atoms with Crippen molar-refractivity contribution in [3.63, 3.8) is 0 Å². The molecule has 3 N–H and O–H groups in total. The molecule has 1 heterocycles. The summed E-state index contributed by atoms with van der Waals surface area (Å²) in [5.41, 5.74) is 1.58. The van der Waals surface area contributed by atoms with Gasteiger partial charge in [-0.05, 0) is 36.4 Å². The zero-order valence-corrected chi connectivity index (χ0v) is 18.6. The van der Waals surface area contributed by atoms with Crippen LogP contribution in [0.2, 0.25) is 0 Å². The third-order valence-electron chi connectivity index (χ3n) is 4.44. The molecule has 1 aromatic heterocycles. The van der Waals surface area contributed by atoms with Crippen LogP contribution in [0.25, 0.3) is 11.4 Å². The first-order valence-corrected chi connectivity index (χ1v) is 11.5. The Labute approximate surface area is 187 Å². The van der Waals surface area contributed by atoms with Gasteiger partial charge in [0, 0.05) is 38.0 Å². The number of rotatable bonds is 8. The summed E-state index contributed by atoms with van der Waals surface area (Å²) in [6.07, 6.45) is 0. The molecule has 168 valence electrons. The number of sulfone groups is 1. The van der Waals surface area contributed by atoms with E-state index in [4.69, 9.17) is 5.11 Å². The molecular formula is C22H25N5O4S. The summed E-state index contributed by atoms with van der Waals surface area (Å²) in [5, 5.41) is 14.8. The number of aliphatic hydroxyl groups is 1. The van der Waals surface area contributed by atoms with Crippen molar-refractivity contribution in [1.82, 2.24) is 14.9 Å². The number of aliphatic hydroxyl groups excluding tert-OH is 1. The molecule has 0 fully saturated rings. The smallest absolute Gasteiger partial charge is 0.321 e. The van der Waals surface area contributed by atoms with E-state index in [1.165, 1.54) is 4.90 Å². The van der Waals surface area contributed by atoms with E-state index in [0.717, 1.165) is 0 Å². The second-order valence-electron chi connectivity index (χ2n) is 7.19. The molecule has 0 radical (unpaired) electrons. The summed E-state index contributed by atoms with van der Waals surface area (Å²) < 4.78 is 25.6. The molecule has 0 unspecified atom stereocenters. The van der Waals surface area contributed by atoms with Gasteiger partial charge in [-0.2, -0.15) is 0 Å². The van der Waals surface area contributed by atoms with Crippen molar-refractivity contribution in [2.45, 2.75) is 10.6 Å². The first kappa shape index (κ1) is 23.2. The van der Waals surface area contributed by atoms with Gasteiger partial charge in [0.1, 0.15) is 5.82 Å². The van der Waals surface area contributed by atoms with Gasteiger partial charge in [-0.1, -0.05) is 18.2 Å². The van der Waals surface area contributed by atoms with E-state index in [2.05, 4.69) is 20.6 Å². The predicted molar refractivity (Wildman–Crippen MR) is 123 cm³/mol. The fourth-order valence-electron chi connectivity index (χ4n) is 2.82. The zero-order chi connectivity index (χ0) is 23.1. The van der Waals surface area contributed by atoms with Crippen molar-refractivity contribution < 1.29 is 18.3 Å². The number of nitrogens with zero attached hydrogens (tertiary/aromatic N) is 3. The highest BCUT2D eigenvalue weighted by atomic mass is 32.2. The van der Waals surface area contributed by atoms with Gasteiger partial charge in [-0.3, -0.25) is 0 Å². The van der Waals surface area contributed by atoms with Gasteiger partial charge in [0.15, 0.2) is 15.7 Å². The maximum Gasteiger partial charge on any atom is 0.321 e. The zero-order valence-electron chi connectivity index (χ0n) is 17.8. The maximum atomic E-state index is 12.8. The van der Waals surface area contributed by atoms with E-state index in [1.807, 2.05) is 0 Å². The van der Waals surface area contributed by atoms with Gasteiger partial charge in [0.25, 0.3) is 0 Å². The van der Waals surface area contributed by atoms with E-state index in [0.29, 0.717) is 28.6 Å². The van der Waals surface area contributed by atoms with Crippen molar-refractivity contribution in [2.24, 2.45) is 0 Å². The highest BCUT2D eigenvalue weighted by molar-refractivity contribution is 7.90. The number of hydrogen-bond donors (Lipinski definition) is 3. The molecule has 9 nitrogen and oxygen atoms in total. The number of anilines is 2. The van der Waals surface area contributed by atoms with Crippen LogP contribution < -0.4 is 10.6 Å².